The van der Waals surface area contributed by atoms with Crippen LogP contribution in [0.3, 0.4) is 0 Å². The minimum absolute atomic E-state index is 0.204. The molecule has 1 atom stereocenters. The molecule has 3 rings (SSSR count). The molecule has 1 aliphatic rings. The molecule has 1 aromatic heterocycles. The van der Waals surface area contributed by atoms with Crippen molar-refractivity contribution in [1.29, 1.82) is 0 Å². The average molecular weight is 280 g/mol. The molecule has 0 amide bonds. The number of ether oxygens (including phenoxy) is 1. The normalized spacial score (nSPS) is 17.9. The maximum Gasteiger partial charge on any atom is 0.0711 e. The second-order valence-corrected chi connectivity index (χ2v) is 5.12. The summed E-state index contributed by atoms with van der Waals surface area (Å²) in [5, 5.41) is 0. The molecule has 108 valence electrons. The highest BCUT2D eigenvalue weighted by Crippen LogP contribution is 2.22. The molecule has 0 bridgehead atoms. The first-order valence-electron chi connectivity index (χ1n) is 7.39. The maximum atomic E-state index is 5.46. The Bertz CT molecular complexity index is 562. The summed E-state index contributed by atoms with van der Waals surface area (Å²) in [4.78, 5) is 6.95. The smallest absolute Gasteiger partial charge is 0.0711 e. The summed E-state index contributed by atoms with van der Waals surface area (Å²) in [5.74, 6) is 0. The van der Waals surface area contributed by atoms with Gasteiger partial charge in [0.1, 0.15) is 0 Å². The largest absolute Gasteiger partial charge is 0.379 e. The monoisotopic (exact) mass is 280 g/mol. The molecule has 3 nitrogen and oxygen atoms in total. The number of rotatable bonds is 4. The molecule has 1 aliphatic heterocycles. The fraction of sp³-hybridized carbons (Fsp3) is 0.278. The summed E-state index contributed by atoms with van der Waals surface area (Å²) in [5.41, 5.74) is 2.30. The second kappa shape index (κ2) is 7.16. The molecular formula is C18H20N2O. The van der Waals surface area contributed by atoms with Crippen LogP contribution in [-0.4, -0.2) is 36.2 Å². The van der Waals surface area contributed by atoms with E-state index < -0.39 is 0 Å². The molecule has 0 aliphatic carbocycles. The lowest BCUT2D eigenvalue weighted by atomic mass is 10.1. The van der Waals surface area contributed by atoms with Gasteiger partial charge in [-0.2, -0.15) is 0 Å². The van der Waals surface area contributed by atoms with Gasteiger partial charge in [-0.3, -0.25) is 9.88 Å². The molecule has 0 N–H and O–H groups in total. The highest BCUT2D eigenvalue weighted by Gasteiger charge is 2.21. The van der Waals surface area contributed by atoms with Crippen molar-refractivity contribution in [1.82, 2.24) is 9.88 Å². The van der Waals surface area contributed by atoms with Gasteiger partial charge in [-0.05, 0) is 17.7 Å². The van der Waals surface area contributed by atoms with Crippen molar-refractivity contribution in [3.05, 3.63) is 72.1 Å². The molecular weight excluding hydrogens is 260 g/mol. The lowest BCUT2D eigenvalue weighted by Crippen LogP contribution is -2.38. The number of morpholine rings is 1. The van der Waals surface area contributed by atoms with Crippen LogP contribution in [0.5, 0.6) is 0 Å². The number of hydrogen-bond acceptors (Lipinski definition) is 3. The van der Waals surface area contributed by atoms with Crippen LogP contribution in [0.15, 0.2) is 60.8 Å². The van der Waals surface area contributed by atoms with Crippen LogP contribution < -0.4 is 0 Å². The molecule has 1 fully saturated rings. The van der Waals surface area contributed by atoms with Gasteiger partial charge in [0.05, 0.1) is 24.9 Å². The Morgan fingerprint density at radius 3 is 2.48 bits per heavy atom. The van der Waals surface area contributed by atoms with Crippen molar-refractivity contribution < 1.29 is 4.74 Å². The fourth-order valence-electron chi connectivity index (χ4n) is 2.58. The average Bonchev–Trinajstić information content (AvgIpc) is 2.58. The van der Waals surface area contributed by atoms with Crippen LogP contribution in [0.25, 0.3) is 6.08 Å². The highest BCUT2D eigenvalue weighted by atomic mass is 16.5. The SMILES string of the molecule is C(=C\C(c1ccccn1)N1CCOCC1)/c1ccccc1. The zero-order valence-electron chi connectivity index (χ0n) is 12.1. The Hall–Kier alpha value is -1.97. The first-order valence-corrected chi connectivity index (χ1v) is 7.39. The standard InChI is InChI=1S/C18H20N2O/c1-2-6-16(7-3-1)9-10-18(17-8-4-5-11-19-17)20-12-14-21-15-13-20/h1-11,18H,12-15H2/b10-9+. The lowest BCUT2D eigenvalue weighted by Gasteiger charge is -2.32. The van der Waals surface area contributed by atoms with E-state index in [1.165, 1.54) is 5.56 Å². The molecule has 1 aromatic carbocycles. The Morgan fingerprint density at radius 2 is 1.76 bits per heavy atom. The van der Waals surface area contributed by atoms with Crippen LogP contribution in [0.1, 0.15) is 17.3 Å². The van der Waals surface area contributed by atoms with Gasteiger partial charge in [-0.1, -0.05) is 48.6 Å². The molecule has 1 unspecified atom stereocenters. The van der Waals surface area contributed by atoms with E-state index >= 15 is 0 Å². The van der Waals surface area contributed by atoms with Crippen molar-refractivity contribution in [2.45, 2.75) is 6.04 Å². The van der Waals surface area contributed by atoms with Gasteiger partial charge in [0.15, 0.2) is 0 Å². The number of nitrogens with zero attached hydrogens (tertiary/aromatic N) is 2. The Labute approximate surface area is 125 Å². The first-order chi connectivity index (χ1) is 10.4. The molecule has 1 saturated heterocycles. The molecule has 2 heterocycles. The summed E-state index contributed by atoms with van der Waals surface area (Å²) in [7, 11) is 0. The topological polar surface area (TPSA) is 25.4 Å². The maximum absolute atomic E-state index is 5.46. The van der Waals surface area contributed by atoms with E-state index in [0.717, 1.165) is 32.0 Å². The third-order valence-corrected chi connectivity index (χ3v) is 3.70. The number of hydrogen-bond donors (Lipinski definition) is 0. The van der Waals surface area contributed by atoms with Crippen LogP contribution in [0, 0.1) is 0 Å². The molecule has 0 spiro atoms. The van der Waals surface area contributed by atoms with E-state index in [2.05, 4.69) is 52.4 Å². The lowest BCUT2D eigenvalue weighted by molar-refractivity contribution is 0.0247. The van der Waals surface area contributed by atoms with Gasteiger partial charge in [0.25, 0.3) is 0 Å². The summed E-state index contributed by atoms with van der Waals surface area (Å²) in [6, 6.07) is 16.7. The molecule has 0 radical (unpaired) electrons. The molecule has 21 heavy (non-hydrogen) atoms. The van der Waals surface area contributed by atoms with Gasteiger partial charge in [-0.25, -0.2) is 0 Å². The van der Waals surface area contributed by atoms with Gasteiger partial charge in [-0.15, -0.1) is 0 Å². The van der Waals surface area contributed by atoms with Crippen LogP contribution in [-0.2, 0) is 4.74 Å². The molecule has 2 aromatic rings. The van der Waals surface area contributed by atoms with Crippen molar-refractivity contribution in [3.63, 3.8) is 0 Å². The summed E-state index contributed by atoms with van der Waals surface area (Å²) in [6.45, 7) is 3.48. The Morgan fingerprint density at radius 1 is 1.00 bits per heavy atom. The van der Waals surface area contributed by atoms with Crippen molar-refractivity contribution in [2.75, 3.05) is 26.3 Å². The van der Waals surface area contributed by atoms with E-state index in [4.69, 9.17) is 4.74 Å². The zero-order chi connectivity index (χ0) is 14.3. The quantitative estimate of drug-likeness (QED) is 0.860. The number of pyridine rings is 1. The Kier molecular flexibility index (Phi) is 4.77. The molecule has 0 saturated carbocycles. The first kappa shape index (κ1) is 14.0. The van der Waals surface area contributed by atoms with Crippen LogP contribution in [0.2, 0.25) is 0 Å². The zero-order valence-corrected chi connectivity index (χ0v) is 12.1. The van der Waals surface area contributed by atoms with Crippen LogP contribution in [0.4, 0.5) is 0 Å². The highest BCUT2D eigenvalue weighted by molar-refractivity contribution is 5.50. The minimum atomic E-state index is 0.204. The van der Waals surface area contributed by atoms with E-state index in [1.807, 2.05) is 24.4 Å². The van der Waals surface area contributed by atoms with Gasteiger partial charge >= 0.3 is 0 Å². The van der Waals surface area contributed by atoms with Crippen molar-refractivity contribution >= 4 is 6.08 Å². The molecule has 3 heteroatoms. The van der Waals surface area contributed by atoms with Crippen LogP contribution >= 0.6 is 0 Å². The summed E-state index contributed by atoms with van der Waals surface area (Å²) >= 11 is 0. The van der Waals surface area contributed by atoms with Gasteiger partial charge in [0, 0.05) is 19.3 Å². The summed E-state index contributed by atoms with van der Waals surface area (Å²) in [6.07, 6.45) is 6.27. The number of aromatic nitrogens is 1. The Balaban J connectivity index is 1.83. The van der Waals surface area contributed by atoms with E-state index in [-0.39, 0.29) is 6.04 Å². The second-order valence-electron chi connectivity index (χ2n) is 5.12. The predicted molar refractivity (Wildman–Crippen MR) is 84.8 cm³/mol. The third kappa shape index (κ3) is 3.78. The van der Waals surface area contributed by atoms with E-state index in [9.17, 15) is 0 Å². The van der Waals surface area contributed by atoms with E-state index in [0.29, 0.717) is 0 Å². The van der Waals surface area contributed by atoms with Gasteiger partial charge < -0.3 is 4.74 Å². The minimum Gasteiger partial charge on any atom is -0.379 e. The van der Waals surface area contributed by atoms with Crippen molar-refractivity contribution in [3.8, 4) is 0 Å². The third-order valence-electron chi connectivity index (χ3n) is 3.70. The number of benzene rings is 1. The summed E-state index contributed by atoms with van der Waals surface area (Å²) < 4.78 is 5.46. The predicted octanol–water partition coefficient (Wildman–Crippen LogP) is 3.17. The fourth-order valence-corrected chi connectivity index (χ4v) is 2.58. The van der Waals surface area contributed by atoms with E-state index in [1.54, 1.807) is 0 Å². The van der Waals surface area contributed by atoms with Crippen molar-refractivity contribution in [2.24, 2.45) is 0 Å². The van der Waals surface area contributed by atoms with Gasteiger partial charge in [0.2, 0.25) is 0 Å².